The van der Waals surface area contributed by atoms with Gasteiger partial charge in [0.1, 0.15) is 11.6 Å². The van der Waals surface area contributed by atoms with Crippen LogP contribution < -0.4 is 5.32 Å². The smallest absolute Gasteiger partial charge is 0.154 e. The van der Waals surface area contributed by atoms with Crippen LogP contribution in [0.5, 0.6) is 0 Å². The largest absolute Gasteiger partial charge is 0.306 e. The molecule has 3 unspecified atom stereocenters. The number of hydrogen-bond acceptors (Lipinski definition) is 3. The number of rotatable bonds is 5. The summed E-state index contributed by atoms with van der Waals surface area (Å²) in [5.41, 5.74) is 2.19. The summed E-state index contributed by atoms with van der Waals surface area (Å²) in [4.78, 5) is 26.5. The van der Waals surface area contributed by atoms with Crippen LogP contribution in [0.4, 0.5) is 4.39 Å². The molecular weight excluding hydrogens is 401 g/mol. The molecule has 1 aliphatic carbocycles. The van der Waals surface area contributed by atoms with E-state index in [-0.39, 0.29) is 35.6 Å². The molecule has 3 aromatic carbocycles. The minimum Gasteiger partial charge on any atom is -0.306 e. The van der Waals surface area contributed by atoms with Gasteiger partial charge in [-0.05, 0) is 29.2 Å². The summed E-state index contributed by atoms with van der Waals surface area (Å²) in [5.74, 6) is -0.668. The van der Waals surface area contributed by atoms with E-state index in [0.717, 1.165) is 11.1 Å². The highest BCUT2D eigenvalue weighted by Crippen LogP contribution is 2.53. The summed E-state index contributed by atoms with van der Waals surface area (Å²) >= 11 is 0. The van der Waals surface area contributed by atoms with Crippen LogP contribution >= 0.6 is 0 Å². The van der Waals surface area contributed by atoms with E-state index in [1.165, 1.54) is 6.07 Å². The second-order valence-corrected chi connectivity index (χ2v) is 8.92. The minimum atomic E-state index is -0.510. The fourth-order valence-electron chi connectivity index (χ4n) is 5.92. The van der Waals surface area contributed by atoms with Gasteiger partial charge in [0.2, 0.25) is 0 Å². The van der Waals surface area contributed by atoms with E-state index in [4.69, 9.17) is 0 Å². The summed E-state index contributed by atoms with van der Waals surface area (Å²) in [6, 6.07) is 26.4. The van der Waals surface area contributed by atoms with E-state index in [9.17, 15) is 14.0 Å². The van der Waals surface area contributed by atoms with Gasteiger partial charge in [-0.2, -0.15) is 0 Å². The van der Waals surface area contributed by atoms with E-state index in [0.29, 0.717) is 24.9 Å². The number of carbonyl (C=O) groups excluding carboxylic acids is 2. The van der Waals surface area contributed by atoms with Crippen LogP contribution in [0.1, 0.15) is 29.5 Å². The molecule has 0 bridgehead atoms. The van der Waals surface area contributed by atoms with Gasteiger partial charge in [0, 0.05) is 36.6 Å². The van der Waals surface area contributed by atoms with Gasteiger partial charge >= 0.3 is 0 Å². The highest BCUT2D eigenvalue weighted by molar-refractivity contribution is 5.91. The number of halogens is 1. The number of hydrogen-bond donors (Lipinski definition) is 1. The lowest BCUT2D eigenvalue weighted by Crippen LogP contribution is -2.52. The molecule has 2 fully saturated rings. The normalized spacial score (nSPS) is 24.2. The van der Waals surface area contributed by atoms with E-state index in [2.05, 4.69) is 29.6 Å². The van der Waals surface area contributed by atoms with Gasteiger partial charge in [0.25, 0.3) is 0 Å². The molecule has 2 aliphatic rings. The molecule has 0 aromatic heterocycles. The summed E-state index contributed by atoms with van der Waals surface area (Å²) in [7, 11) is 0. The van der Waals surface area contributed by atoms with Crippen molar-refractivity contribution in [2.24, 2.45) is 11.8 Å². The zero-order chi connectivity index (χ0) is 22.1. The Morgan fingerprint density at radius 1 is 0.906 bits per heavy atom. The van der Waals surface area contributed by atoms with Crippen LogP contribution in [0.3, 0.4) is 0 Å². The van der Waals surface area contributed by atoms with E-state index in [1.54, 1.807) is 18.2 Å². The highest BCUT2D eigenvalue weighted by atomic mass is 19.1. The third-order valence-electron chi connectivity index (χ3n) is 7.35. The maximum Gasteiger partial charge on any atom is 0.154 e. The molecule has 3 atom stereocenters. The number of carbonyl (C=O) groups is 2. The Kier molecular flexibility index (Phi) is 5.48. The van der Waals surface area contributed by atoms with Crippen LogP contribution in [-0.2, 0) is 21.4 Å². The SMILES string of the molecule is O=C1CCC(c2ccccc2)(c2ccccc2)C2C1CNC2C(=O)Cc1ccccc1F. The van der Waals surface area contributed by atoms with Crippen molar-refractivity contribution >= 4 is 11.6 Å². The monoisotopic (exact) mass is 427 g/mol. The zero-order valence-corrected chi connectivity index (χ0v) is 17.8. The third kappa shape index (κ3) is 3.39. The van der Waals surface area contributed by atoms with Gasteiger partial charge in [-0.25, -0.2) is 4.39 Å². The number of ketones is 2. The van der Waals surface area contributed by atoms with Gasteiger partial charge in [-0.1, -0.05) is 78.9 Å². The van der Waals surface area contributed by atoms with Crippen molar-refractivity contribution in [3.05, 3.63) is 107 Å². The first-order valence-corrected chi connectivity index (χ1v) is 11.2. The third-order valence-corrected chi connectivity index (χ3v) is 7.35. The molecule has 1 aliphatic heterocycles. The molecule has 5 rings (SSSR count). The van der Waals surface area contributed by atoms with Crippen molar-refractivity contribution in [2.75, 3.05) is 6.54 Å². The predicted octanol–water partition coefficient (Wildman–Crippen LogP) is 4.49. The highest BCUT2D eigenvalue weighted by Gasteiger charge is 2.57. The van der Waals surface area contributed by atoms with Gasteiger partial charge in [0.05, 0.1) is 6.04 Å². The maximum absolute atomic E-state index is 14.3. The summed E-state index contributed by atoms with van der Waals surface area (Å²) in [6.45, 7) is 0.485. The second-order valence-electron chi connectivity index (χ2n) is 8.92. The molecule has 1 saturated heterocycles. The summed E-state index contributed by atoms with van der Waals surface area (Å²) in [6.07, 6.45) is 1.16. The fourth-order valence-corrected chi connectivity index (χ4v) is 5.92. The van der Waals surface area contributed by atoms with E-state index >= 15 is 0 Å². The average Bonchev–Trinajstić information content (AvgIpc) is 3.29. The van der Waals surface area contributed by atoms with Crippen LogP contribution in [0.2, 0.25) is 0 Å². The molecule has 3 nitrogen and oxygen atoms in total. The van der Waals surface area contributed by atoms with Crippen molar-refractivity contribution < 1.29 is 14.0 Å². The van der Waals surface area contributed by atoms with Crippen LogP contribution in [0.15, 0.2) is 84.9 Å². The lowest BCUT2D eigenvalue weighted by Gasteiger charge is -2.47. The Labute approximate surface area is 187 Å². The molecule has 1 N–H and O–H groups in total. The summed E-state index contributed by atoms with van der Waals surface area (Å²) in [5, 5.41) is 3.37. The molecule has 1 heterocycles. The Morgan fingerprint density at radius 2 is 1.50 bits per heavy atom. The Bertz CT molecular complexity index is 1090. The average molecular weight is 428 g/mol. The predicted molar refractivity (Wildman–Crippen MR) is 122 cm³/mol. The van der Waals surface area contributed by atoms with Crippen molar-refractivity contribution in [2.45, 2.75) is 30.7 Å². The van der Waals surface area contributed by atoms with Gasteiger partial charge in [-0.15, -0.1) is 0 Å². The molecule has 1 saturated carbocycles. The lowest BCUT2D eigenvalue weighted by atomic mass is 9.54. The van der Waals surface area contributed by atoms with E-state index < -0.39 is 11.5 Å². The van der Waals surface area contributed by atoms with Gasteiger partial charge in [0.15, 0.2) is 5.78 Å². The summed E-state index contributed by atoms with van der Waals surface area (Å²) < 4.78 is 14.3. The number of nitrogens with one attached hydrogen (secondary N) is 1. The fraction of sp³-hybridized carbons (Fsp3) is 0.286. The lowest BCUT2D eigenvalue weighted by molar-refractivity contribution is -0.128. The number of Topliss-reactive ketones (excluding diaryl/α,β-unsaturated/α-hetero) is 2. The first-order valence-electron chi connectivity index (χ1n) is 11.2. The Morgan fingerprint density at radius 3 is 2.12 bits per heavy atom. The molecule has 0 radical (unpaired) electrons. The Hall–Kier alpha value is -3.11. The minimum absolute atomic E-state index is 0.0153. The topological polar surface area (TPSA) is 46.2 Å². The van der Waals surface area contributed by atoms with Crippen LogP contribution in [0, 0.1) is 17.7 Å². The molecule has 162 valence electrons. The molecule has 0 amide bonds. The Balaban J connectivity index is 1.61. The standard InChI is InChI=1S/C28H26FNO2/c29-23-14-8-7-9-19(23)17-25(32)27-26-22(18-30-27)24(31)15-16-28(26,20-10-3-1-4-11-20)21-12-5-2-6-13-21/h1-14,22,26-27,30H,15-18H2. The van der Waals surface area contributed by atoms with Gasteiger partial charge in [-0.3, -0.25) is 9.59 Å². The molecule has 4 heteroatoms. The molecule has 3 aromatic rings. The van der Waals surface area contributed by atoms with Crippen molar-refractivity contribution in [3.63, 3.8) is 0 Å². The van der Waals surface area contributed by atoms with E-state index in [1.807, 2.05) is 36.4 Å². The van der Waals surface area contributed by atoms with Crippen molar-refractivity contribution in [3.8, 4) is 0 Å². The number of fused-ring (bicyclic) bond motifs is 1. The van der Waals surface area contributed by atoms with Crippen molar-refractivity contribution in [1.29, 1.82) is 0 Å². The van der Waals surface area contributed by atoms with Gasteiger partial charge < -0.3 is 5.32 Å². The van der Waals surface area contributed by atoms with Crippen LogP contribution in [0.25, 0.3) is 0 Å². The first kappa shape index (κ1) is 20.8. The van der Waals surface area contributed by atoms with Crippen molar-refractivity contribution in [1.82, 2.24) is 5.32 Å². The molecule has 32 heavy (non-hydrogen) atoms. The first-order chi connectivity index (χ1) is 15.6. The number of benzene rings is 3. The molecular formula is C28H26FNO2. The molecule has 0 spiro atoms. The maximum atomic E-state index is 14.3. The second kappa shape index (κ2) is 8.44. The zero-order valence-electron chi connectivity index (χ0n) is 17.8. The quantitative estimate of drug-likeness (QED) is 0.653. The van der Waals surface area contributed by atoms with Crippen LogP contribution in [-0.4, -0.2) is 24.2 Å².